The average molecular weight is 282 g/mol. The molecule has 3 aromatic rings. The molecule has 3 nitrogen and oxygen atoms in total. The highest BCUT2D eigenvalue weighted by Gasteiger charge is 2.10. The molecule has 0 aliphatic carbocycles. The van der Waals surface area contributed by atoms with Crippen molar-refractivity contribution in [1.29, 1.82) is 0 Å². The summed E-state index contributed by atoms with van der Waals surface area (Å²) in [6.45, 7) is 0.496. The van der Waals surface area contributed by atoms with E-state index in [0.29, 0.717) is 12.1 Å². The number of para-hydroxylation sites is 1. The maximum absolute atomic E-state index is 13.6. The van der Waals surface area contributed by atoms with Crippen molar-refractivity contribution in [2.75, 3.05) is 0 Å². The highest BCUT2D eigenvalue weighted by atomic mass is 19.1. The van der Waals surface area contributed by atoms with Crippen molar-refractivity contribution in [3.8, 4) is 0 Å². The van der Waals surface area contributed by atoms with Crippen LogP contribution in [0.2, 0.25) is 0 Å². The fraction of sp³-hybridized carbons (Fsp3) is 0.118. The van der Waals surface area contributed by atoms with Crippen molar-refractivity contribution >= 4 is 16.8 Å². The number of hydrogen-bond donors (Lipinski definition) is 2. The molecular weight excluding hydrogens is 267 g/mol. The number of benzene rings is 2. The van der Waals surface area contributed by atoms with Gasteiger partial charge >= 0.3 is 0 Å². The number of fused-ring (bicyclic) bond motifs is 1. The summed E-state index contributed by atoms with van der Waals surface area (Å²) in [5.41, 5.74) is 2.30. The number of carbonyl (C=O) groups excluding carboxylic acids is 1. The van der Waals surface area contributed by atoms with Gasteiger partial charge in [-0.3, -0.25) is 4.79 Å². The number of halogens is 1. The lowest BCUT2D eigenvalue weighted by Gasteiger charge is -2.05. The molecule has 0 bridgehead atoms. The number of H-pyrrole nitrogens is 1. The Kier molecular flexibility index (Phi) is 3.69. The minimum atomic E-state index is -0.302. The van der Waals surface area contributed by atoms with E-state index in [9.17, 15) is 9.18 Å². The summed E-state index contributed by atoms with van der Waals surface area (Å²) in [6.07, 6.45) is 1.92. The van der Waals surface area contributed by atoms with Gasteiger partial charge in [0.25, 0.3) is 0 Å². The average Bonchev–Trinajstić information content (AvgIpc) is 2.91. The first-order valence-corrected chi connectivity index (χ1v) is 6.79. The summed E-state index contributed by atoms with van der Waals surface area (Å²) in [6, 6.07) is 14.6. The lowest BCUT2D eigenvalue weighted by Crippen LogP contribution is -2.24. The van der Waals surface area contributed by atoms with E-state index in [1.165, 1.54) is 6.07 Å². The number of carbonyl (C=O) groups is 1. The van der Waals surface area contributed by atoms with Gasteiger partial charge in [-0.2, -0.15) is 0 Å². The van der Waals surface area contributed by atoms with E-state index in [1.807, 2.05) is 36.4 Å². The molecule has 1 aromatic heterocycles. The molecule has 0 unspecified atom stereocenters. The molecule has 2 N–H and O–H groups in total. The highest BCUT2D eigenvalue weighted by molar-refractivity contribution is 5.89. The Bertz CT molecular complexity index is 765. The van der Waals surface area contributed by atoms with Crippen LogP contribution in [0.5, 0.6) is 0 Å². The number of aromatic nitrogens is 1. The van der Waals surface area contributed by atoms with Gasteiger partial charge in [0, 0.05) is 18.1 Å². The molecule has 0 atom stereocenters. The molecule has 3 rings (SSSR count). The van der Waals surface area contributed by atoms with Crippen molar-refractivity contribution in [2.45, 2.75) is 13.0 Å². The molecule has 0 saturated carbocycles. The summed E-state index contributed by atoms with van der Waals surface area (Å²) in [5, 5.41) is 3.62. The van der Waals surface area contributed by atoms with Gasteiger partial charge in [0.1, 0.15) is 5.82 Å². The van der Waals surface area contributed by atoms with E-state index < -0.39 is 0 Å². The van der Waals surface area contributed by atoms with Crippen molar-refractivity contribution in [2.24, 2.45) is 0 Å². The van der Waals surface area contributed by atoms with E-state index >= 15 is 0 Å². The van der Waals surface area contributed by atoms with Gasteiger partial charge in [0.15, 0.2) is 0 Å². The van der Waals surface area contributed by atoms with Gasteiger partial charge in [-0.15, -0.1) is 0 Å². The van der Waals surface area contributed by atoms with Crippen LogP contribution < -0.4 is 5.32 Å². The molecule has 0 spiro atoms. The normalized spacial score (nSPS) is 10.7. The van der Waals surface area contributed by atoms with Gasteiger partial charge < -0.3 is 10.3 Å². The van der Waals surface area contributed by atoms with E-state index in [0.717, 1.165) is 16.5 Å². The van der Waals surface area contributed by atoms with Crippen LogP contribution in [0.1, 0.15) is 11.1 Å². The SMILES string of the molecule is O=C(Cc1c[nH]c2c(F)cccc12)NCc1ccccc1. The fourth-order valence-corrected chi connectivity index (χ4v) is 2.35. The molecule has 1 amide bonds. The van der Waals surface area contributed by atoms with Gasteiger partial charge in [-0.1, -0.05) is 42.5 Å². The smallest absolute Gasteiger partial charge is 0.224 e. The maximum atomic E-state index is 13.6. The molecule has 0 radical (unpaired) electrons. The predicted molar refractivity (Wildman–Crippen MR) is 80.2 cm³/mol. The Balaban J connectivity index is 1.68. The van der Waals surface area contributed by atoms with Crippen molar-refractivity contribution in [3.05, 3.63) is 71.7 Å². The van der Waals surface area contributed by atoms with Crippen LogP contribution in [0, 0.1) is 5.82 Å². The van der Waals surface area contributed by atoms with Crippen LogP contribution in [-0.4, -0.2) is 10.9 Å². The lowest BCUT2D eigenvalue weighted by atomic mass is 10.1. The van der Waals surface area contributed by atoms with E-state index in [2.05, 4.69) is 10.3 Å². The lowest BCUT2D eigenvalue weighted by molar-refractivity contribution is -0.120. The molecular formula is C17H15FN2O. The first-order valence-electron chi connectivity index (χ1n) is 6.79. The second-order valence-corrected chi connectivity index (χ2v) is 4.92. The largest absolute Gasteiger partial charge is 0.359 e. The van der Waals surface area contributed by atoms with Gasteiger partial charge in [0.2, 0.25) is 5.91 Å². The van der Waals surface area contributed by atoms with Crippen LogP contribution >= 0.6 is 0 Å². The van der Waals surface area contributed by atoms with E-state index in [4.69, 9.17) is 0 Å². The first kappa shape index (κ1) is 13.4. The number of amides is 1. The van der Waals surface area contributed by atoms with Crippen LogP contribution in [0.4, 0.5) is 4.39 Å². The second kappa shape index (κ2) is 5.79. The van der Waals surface area contributed by atoms with Crippen molar-refractivity contribution in [1.82, 2.24) is 10.3 Å². The standard InChI is InChI=1S/C17H15FN2O/c18-15-8-4-7-14-13(11-20-17(14)15)9-16(21)19-10-12-5-2-1-3-6-12/h1-8,11,20H,9-10H2,(H,19,21). The minimum Gasteiger partial charge on any atom is -0.359 e. The zero-order chi connectivity index (χ0) is 14.7. The monoisotopic (exact) mass is 282 g/mol. The number of hydrogen-bond acceptors (Lipinski definition) is 1. The third kappa shape index (κ3) is 2.94. The van der Waals surface area contributed by atoms with Gasteiger partial charge in [0.05, 0.1) is 11.9 Å². The second-order valence-electron chi connectivity index (χ2n) is 4.92. The molecule has 2 aromatic carbocycles. The number of nitrogens with one attached hydrogen (secondary N) is 2. The molecule has 0 fully saturated rings. The molecule has 21 heavy (non-hydrogen) atoms. The van der Waals surface area contributed by atoms with E-state index in [-0.39, 0.29) is 18.1 Å². The zero-order valence-corrected chi connectivity index (χ0v) is 11.4. The Morgan fingerprint density at radius 1 is 1.10 bits per heavy atom. The summed E-state index contributed by atoms with van der Waals surface area (Å²) in [4.78, 5) is 14.9. The van der Waals surface area contributed by atoms with Gasteiger partial charge in [-0.05, 0) is 17.2 Å². The third-order valence-corrected chi connectivity index (χ3v) is 3.43. The van der Waals surface area contributed by atoms with Crippen LogP contribution in [0.25, 0.3) is 10.9 Å². The number of aromatic amines is 1. The Hall–Kier alpha value is -2.62. The predicted octanol–water partition coefficient (Wildman–Crippen LogP) is 3.17. The maximum Gasteiger partial charge on any atom is 0.224 e. The summed E-state index contributed by atoms with van der Waals surface area (Å²) < 4.78 is 13.6. The first-order chi connectivity index (χ1) is 10.2. The van der Waals surface area contributed by atoms with Crippen LogP contribution in [0.3, 0.4) is 0 Å². The Morgan fingerprint density at radius 2 is 1.90 bits per heavy atom. The van der Waals surface area contributed by atoms with Gasteiger partial charge in [-0.25, -0.2) is 4.39 Å². The minimum absolute atomic E-state index is 0.0796. The molecule has 1 heterocycles. The van der Waals surface area contributed by atoms with Crippen molar-refractivity contribution in [3.63, 3.8) is 0 Å². The zero-order valence-electron chi connectivity index (χ0n) is 11.4. The Labute approximate surface area is 121 Å². The summed E-state index contributed by atoms with van der Waals surface area (Å²) in [7, 11) is 0. The van der Waals surface area contributed by atoms with E-state index in [1.54, 1.807) is 12.3 Å². The summed E-state index contributed by atoms with van der Waals surface area (Å²) >= 11 is 0. The highest BCUT2D eigenvalue weighted by Crippen LogP contribution is 2.21. The Morgan fingerprint density at radius 3 is 2.71 bits per heavy atom. The van der Waals surface area contributed by atoms with Crippen LogP contribution in [0.15, 0.2) is 54.7 Å². The molecule has 0 saturated heterocycles. The fourth-order valence-electron chi connectivity index (χ4n) is 2.35. The number of rotatable bonds is 4. The van der Waals surface area contributed by atoms with Crippen molar-refractivity contribution < 1.29 is 9.18 Å². The molecule has 106 valence electrons. The molecule has 4 heteroatoms. The third-order valence-electron chi connectivity index (χ3n) is 3.43. The molecule has 0 aliphatic heterocycles. The van der Waals surface area contributed by atoms with Crippen LogP contribution in [-0.2, 0) is 17.8 Å². The quantitative estimate of drug-likeness (QED) is 0.758. The molecule has 0 aliphatic rings. The topological polar surface area (TPSA) is 44.9 Å². The summed E-state index contributed by atoms with van der Waals surface area (Å²) in [5.74, 6) is -0.382.